The summed E-state index contributed by atoms with van der Waals surface area (Å²) in [6.07, 6.45) is 3.76. The molecule has 19 heavy (non-hydrogen) atoms. The van der Waals surface area contributed by atoms with Crippen molar-refractivity contribution in [3.63, 3.8) is 0 Å². The molecule has 1 amide bonds. The molecular weight excluding hydrogens is 236 g/mol. The monoisotopic (exact) mass is 260 g/mol. The van der Waals surface area contributed by atoms with Gasteiger partial charge in [-0.1, -0.05) is 19.9 Å². The van der Waals surface area contributed by atoms with Crippen molar-refractivity contribution >= 4 is 17.3 Å². The Morgan fingerprint density at radius 2 is 1.89 bits per heavy atom. The Morgan fingerprint density at radius 1 is 1.16 bits per heavy atom. The van der Waals surface area contributed by atoms with Crippen molar-refractivity contribution in [1.29, 1.82) is 0 Å². The topological polar surface area (TPSA) is 41.1 Å². The first-order valence-corrected chi connectivity index (χ1v) is 7.19. The van der Waals surface area contributed by atoms with Crippen LogP contribution < -0.4 is 10.6 Å². The number of rotatable bonds is 3. The van der Waals surface area contributed by atoms with E-state index in [2.05, 4.69) is 30.5 Å². The van der Waals surface area contributed by atoms with Crippen LogP contribution in [0.5, 0.6) is 0 Å². The van der Waals surface area contributed by atoms with Crippen LogP contribution in [0.25, 0.3) is 0 Å². The van der Waals surface area contributed by atoms with Crippen LogP contribution >= 0.6 is 0 Å². The molecule has 3 heteroatoms. The highest BCUT2D eigenvalue weighted by Crippen LogP contribution is 2.31. The third-order valence-corrected chi connectivity index (χ3v) is 4.15. The zero-order chi connectivity index (χ0) is 13.8. The summed E-state index contributed by atoms with van der Waals surface area (Å²) in [4.78, 5) is 11.1. The van der Waals surface area contributed by atoms with Crippen molar-refractivity contribution in [3.8, 4) is 0 Å². The van der Waals surface area contributed by atoms with Gasteiger partial charge in [0, 0.05) is 24.3 Å². The first-order chi connectivity index (χ1) is 9.04. The van der Waals surface area contributed by atoms with Crippen molar-refractivity contribution in [2.24, 2.45) is 11.8 Å². The minimum atomic E-state index is -0.0303. The second-order valence-corrected chi connectivity index (χ2v) is 5.87. The number of amides is 1. The zero-order valence-corrected chi connectivity index (χ0v) is 12.1. The van der Waals surface area contributed by atoms with Crippen LogP contribution in [-0.2, 0) is 4.79 Å². The fourth-order valence-corrected chi connectivity index (χ4v) is 2.80. The van der Waals surface area contributed by atoms with Crippen LogP contribution in [0.4, 0.5) is 11.4 Å². The third-order valence-electron chi connectivity index (χ3n) is 4.15. The van der Waals surface area contributed by atoms with Crippen LogP contribution in [-0.4, -0.2) is 11.9 Å². The molecule has 2 rings (SSSR count). The van der Waals surface area contributed by atoms with Gasteiger partial charge in [0.2, 0.25) is 5.91 Å². The number of hydrogen-bond donors (Lipinski definition) is 2. The predicted octanol–water partition coefficient (Wildman–Crippen LogP) is 3.88. The largest absolute Gasteiger partial charge is 0.382 e. The second kappa shape index (κ2) is 6.09. The molecule has 1 aliphatic rings. The van der Waals surface area contributed by atoms with Gasteiger partial charge in [-0.25, -0.2) is 0 Å². The third kappa shape index (κ3) is 3.98. The van der Waals surface area contributed by atoms with Crippen molar-refractivity contribution in [3.05, 3.63) is 24.3 Å². The highest BCUT2D eigenvalue weighted by molar-refractivity contribution is 5.89. The van der Waals surface area contributed by atoms with Gasteiger partial charge in [-0.2, -0.15) is 0 Å². The number of anilines is 2. The van der Waals surface area contributed by atoms with Gasteiger partial charge in [0.05, 0.1) is 0 Å². The van der Waals surface area contributed by atoms with Crippen LogP contribution in [0.1, 0.15) is 40.0 Å². The van der Waals surface area contributed by atoms with E-state index < -0.39 is 0 Å². The van der Waals surface area contributed by atoms with Gasteiger partial charge >= 0.3 is 0 Å². The Labute approximate surface area is 115 Å². The Hall–Kier alpha value is -1.51. The molecule has 1 aromatic rings. The molecule has 1 aliphatic carbocycles. The maximum Gasteiger partial charge on any atom is 0.221 e. The molecule has 0 bridgehead atoms. The molecule has 1 saturated carbocycles. The van der Waals surface area contributed by atoms with Gasteiger partial charge in [0.15, 0.2) is 0 Å². The summed E-state index contributed by atoms with van der Waals surface area (Å²) in [6.45, 7) is 6.22. The van der Waals surface area contributed by atoms with E-state index in [-0.39, 0.29) is 5.91 Å². The van der Waals surface area contributed by atoms with Crippen molar-refractivity contribution < 1.29 is 4.79 Å². The highest BCUT2D eigenvalue weighted by Gasteiger charge is 2.24. The minimum Gasteiger partial charge on any atom is -0.382 e. The molecule has 3 nitrogen and oxygen atoms in total. The lowest BCUT2D eigenvalue weighted by molar-refractivity contribution is -0.114. The number of carbonyl (C=O) groups excluding carboxylic acids is 1. The van der Waals surface area contributed by atoms with E-state index in [0.29, 0.717) is 6.04 Å². The summed E-state index contributed by atoms with van der Waals surface area (Å²) < 4.78 is 0. The van der Waals surface area contributed by atoms with Crippen LogP contribution in [0, 0.1) is 11.8 Å². The van der Waals surface area contributed by atoms with Gasteiger partial charge in [-0.15, -0.1) is 0 Å². The molecule has 0 aliphatic heterocycles. The lowest BCUT2D eigenvalue weighted by Crippen LogP contribution is -2.30. The molecule has 3 unspecified atom stereocenters. The molecule has 104 valence electrons. The Balaban J connectivity index is 1.97. The van der Waals surface area contributed by atoms with Gasteiger partial charge < -0.3 is 10.6 Å². The standard InChI is InChI=1S/C16H24N2O/c1-11-7-8-16(9-12(11)2)18-15-6-4-5-14(10-15)17-13(3)19/h4-6,10-12,16,18H,7-9H2,1-3H3,(H,17,19). The van der Waals surface area contributed by atoms with Gasteiger partial charge in [0.25, 0.3) is 0 Å². The zero-order valence-electron chi connectivity index (χ0n) is 12.1. The number of hydrogen-bond acceptors (Lipinski definition) is 2. The average Bonchev–Trinajstić information content (AvgIpc) is 2.33. The summed E-state index contributed by atoms with van der Waals surface area (Å²) in [5.74, 6) is 1.59. The van der Waals surface area contributed by atoms with Gasteiger partial charge in [-0.05, 0) is 49.3 Å². The molecule has 1 fully saturated rings. The maximum atomic E-state index is 11.1. The smallest absolute Gasteiger partial charge is 0.221 e. The lowest BCUT2D eigenvalue weighted by atomic mass is 9.79. The van der Waals surface area contributed by atoms with E-state index in [4.69, 9.17) is 0 Å². The van der Waals surface area contributed by atoms with E-state index in [1.807, 2.05) is 18.2 Å². The molecule has 0 heterocycles. The summed E-state index contributed by atoms with van der Waals surface area (Å²) in [5, 5.41) is 6.41. The minimum absolute atomic E-state index is 0.0303. The van der Waals surface area contributed by atoms with Crippen molar-refractivity contribution in [1.82, 2.24) is 0 Å². The second-order valence-electron chi connectivity index (χ2n) is 5.87. The molecular formula is C16H24N2O. The number of carbonyl (C=O) groups is 1. The molecule has 2 N–H and O–H groups in total. The van der Waals surface area contributed by atoms with E-state index in [0.717, 1.165) is 23.2 Å². The predicted molar refractivity (Wildman–Crippen MR) is 80.3 cm³/mol. The lowest BCUT2D eigenvalue weighted by Gasteiger charge is -2.33. The summed E-state index contributed by atoms with van der Waals surface area (Å²) in [5.41, 5.74) is 1.95. The molecule has 3 atom stereocenters. The Kier molecular flexibility index (Phi) is 4.46. The molecule has 1 aromatic carbocycles. The first kappa shape index (κ1) is 13.9. The number of benzene rings is 1. The molecule has 0 spiro atoms. The SMILES string of the molecule is CC(=O)Nc1cccc(NC2CCC(C)C(C)C2)c1. The fraction of sp³-hybridized carbons (Fsp3) is 0.562. The molecule has 0 saturated heterocycles. The van der Waals surface area contributed by atoms with E-state index in [1.165, 1.54) is 26.2 Å². The van der Waals surface area contributed by atoms with Gasteiger partial charge in [0.1, 0.15) is 0 Å². The highest BCUT2D eigenvalue weighted by atomic mass is 16.1. The van der Waals surface area contributed by atoms with E-state index >= 15 is 0 Å². The summed E-state index contributed by atoms with van der Waals surface area (Å²) in [6, 6.07) is 8.51. The van der Waals surface area contributed by atoms with Crippen molar-refractivity contribution in [2.45, 2.75) is 46.1 Å². The average molecular weight is 260 g/mol. The quantitative estimate of drug-likeness (QED) is 0.866. The number of nitrogens with one attached hydrogen (secondary N) is 2. The Bertz CT molecular complexity index is 444. The van der Waals surface area contributed by atoms with Crippen LogP contribution in [0.3, 0.4) is 0 Å². The Morgan fingerprint density at radius 3 is 2.58 bits per heavy atom. The van der Waals surface area contributed by atoms with E-state index in [9.17, 15) is 4.79 Å². The van der Waals surface area contributed by atoms with Crippen LogP contribution in [0.2, 0.25) is 0 Å². The molecule has 0 aromatic heterocycles. The van der Waals surface area contributed by atoms with Crippen molar-refractivity contribution in [2.75, 3.05) is 10.6 Å². The van der Waals surface area contributed by atoms with Crippen LogP contribution in [0.15, 0.2) is 24.3 Å². The normalized spacial score (nSPS) is 26.8. The van der Waals surface area contributed by atoms with E-state index in [1.54, 1.807) is 0 Å². The summed E-state index contributed by atoms with van der Waals surface area (Å²) >= 11 is 0. The molecule has 0 radical (unpaired) electrons. The first-order valence-electron chi connectivity index (χ1n) is 7.19. The maximum absolute atomic E-state index is 11.1. The van der Waals surface area contributed by atoms with Gasteiger partial charge in [-0.3, -0.25) is 4.79 Å². The summed E-state index contributed by atoms with van der Waals surface area (Å²) in [7, 11) is 0. The fourth-order valence-electron chi connectivity index (χ4n) is 2.80.